The largest absolute Gasteiger partial charge is 0.479 e. The highest BCUT2D eigenvalue weighted by Gasteiger charge is 2.46. The third-order valence-electron chi connectivity index (χ3n) is 4.42. The van der Waals surface area contributed by atoms with Gasteiger partial charge in [-0.15, -0.1) is 0 Å². The smallest absolute Gasteiger partial charge is 0.329 e. The number of carbonyl (C=O) groups is 2. The van der Waals surface area contributed by atoms with Crippen LogP contribution in [0.1, 0.15) is 48.4 Å². The Morgan fingerprint density at radius 2 is 1.87 bits per heavy atom. The van der Waals surface area contributed by atoms with Crippen molar-refractivity contribution in [3.05, 3.63) is 17.6 Å². The zero-order valence-corrected chi connectivity index (χ0v) is 13.9. The molecule has 0 aromatic carbocycles. The zero-order chi connectivity index (χ0) is 17.4. The van der Waals surface area contributed by atoms with Gasteiger partial charge in [0.15, 0.2) is 5.76 Å². The van der Waals surface area contributed by atoms with Crippen LogP contribution in [0.3, 0.4) is 0 Å². The number of likely N-dealkylation sites (N-methyl/N-ethyl adjacent to an activating group) is 1. The van der Waals surface area contributed by atoms with E-state index in [0.29, 0.717) is 25.7 Å². The van der Waals surface area contributed by atoms with Crippen LogP contribution in [0.4, 0.5) is 0 Å². The number of carboxylic acids is 1. The fourth-order valence-electron chi connectivity index (χ4n) is 3.04. The summed E-state index contributed by atoms with van der Waals surface area (Å²) in [6.45, 7) is 1.38. The first-order valence-electron chi connectivity index (χ1n) is 7.24. The molecule has 0 saturated heterocycles. The van der Waals surface area contributed by atoms with Crippen molar-refractivity contribution in [3.8, 4) is 0 Å². The lowest BCUT2D eigenvalue weighted by Crippen LogP contribution is -2.56. The lowest BCUT2D eigenvalue weighted by atomic mass is 9.80. The van der Waals surface area contributed by atoms with Crippen molar-refractivity contribution in [1.82, 2.24) is 4.90 Å². The summed E-state index contributed by atoms with van der Waals surface area (Å²) in [5, 5.41) is 14.7. The van der Waals surface area contributed by atoms with Crippen LogP contribution in [0.15, 0.2) is 15.4 Å². The van der Waals surface area contributed by atoms with Crippen LogP contribution >= 0.6 is 0 Å². The Bertz CT molecular complexity index is 730. The van der Waals surface area contributed by atoms with Crippen LogP contribution in [-0.2, 0) is 14.8 Å². The molecular weight excluding hydrogens is 324 g/mol. The lowest BCUT2D eigenvalue weighted by molar-refractivity contribution is -0.151. The average molecular weight is 344 g/mol. The number of nitrogens with two attached hydrogens (primary N) is 1. The Morgan fingerprint density at radius 3 is 2.30 bits per heavy atom. The highest BCUT2D eigenvalue weighted by molar-refractivity contribution is 7.89. The molecule has 23 heavy (non-hydrogen) atoms. The number of hydrogen-bond acceptors (Lipinski definition) is 5. The van der Waals surface area contributed by atoms with E-state index in [1.807, 2.05) is 0 Å². The maximum Gasteiger partial charge on any atom is 0.329 e. The number of carboxylic acid groups (broad SMARTS) is 1. The summed E-state index contributed by atoms with van der Waals surface area (Å²) < 4.78 is 28.1. The van der Waals surface area contributed by atoms with Gasteiger partial charge < -0.3 is 14.4 Å². The van der Waals surface area contributed by atoms with E-state index in [1.165, 1.54) is 14.0 Å². The molecule has 2 rings (SSSR count). The highest BCUT2D eigenvalue weighted by atomic mass is 32.2. The topological polar surface area (TPSA) is 131 Å². The van der Waals surface area contributed by atoms with E-state index in [1.54, 1.807) is 0 Å². The predicted molar refractivity (Wildman–Crippen MR) is 80.4 cm³/mol. The normalized spacial score (nSPS) is 17.7. The SMILES string of the molecule is Cc1oc(C(=O)N(C)C2(C(=O)O)CCCCC2)cc1S(N)(=O)=O. The molecule has 0 atom stereocenters. The summed E-state index contributed by atoms with van der Waals surface area (Å²) in [5.74, 6) is -1.98. The van der Waals surface area contributed by atoms with E-state index in [-0.39, 0.29) is 16.4 Å². The van der Waals surface area contributed by atoms with Gasteiger partial charge in [-0.3, -0.25) is 4.79 Å². The van der Waals surface area contributed by atoms with Crippen LogP contribution < -0.4 is 5.14 Å². The number of furan rings is 1. The van der Waals surface area contributed by atoms with Crippen LogP contribution in [-0.4, -0.2) is 42.9 Å². The Balaban J connectivity index is 2.37. The maximum atomic E-state index is 12.6. The molecule has 8 nitrogen and oxygen atoms in total. The number of rotatable bonds is 4. The van der Waals surface area contributed by atoms with Crippen LogP contribution in [0.25, 0.3) is 0 Å². The van der Waals surface area contributed by atoms with Gasteiger partial charge in [0.1, 0.15) is 16.2 Å². The number of nitrogens with zero attached hydrogens (tertiary/aromatic N) is 1. The molecule has 0 unspecified atom stereocenters. The highest BCUT2D eigenvalue weighted by Crippen LogP contribution is 2.34. The molecule has 128 valence electrons. The molecule has 1 aliphatic carbocycles. The van der Waals surface area contributed by atoms with Gasteiger partial charge in [-0.2, -0.15) is 0 Å². The summed E-state index contributed by atoms with van der Waals surface area (Å²) in [7, 11) is -2.61. The van der Waals surface area contributed by atoms with E-state index in [2.05, 4.69) is 0 Å². The van der Waals surface area contributed by atoms with E-state index in [9.17, 15) is 23.1 Å². The fraction of sp³-hybridized carbons (Fsp3) is 0.571. The molecule has 0 bridgehead atoms. The number of aliphatic carboxylic acids is 1. The van der Waals surface area contributed by atoms with Crippen molar-refractivity contribution in [2.45, 2.75) is 49.5 Å². The summed E-state index contributed by atoms with van der Waals surface area (Å²) in [6, 6.07) is 1.04. The minimum Gasteiger partial charge on any atom is -0.479 e. The standard InChI is InChI=1S/C14H20N2O6S/c1-9-11(23(15,20)21)8-10(22-9)12(17)16(2)14(13(18)19)6-4-3-5-7-14/h8H,3-7H2,1-2H3,(H,18,19)(H2,15,20,21). The van der Waals surface area contributed by atoms with Gasteiger partial charge in [0, 0.05) is 13.1 Å². The minimum atomic E-state index is -4.01. The fourth-order valence-corrected chi connectivity index (χ4v) is 3.76. The summed E-state index contributed by atoms with van der Waals surface area (Å²) in [6.07, 6.45) is 3.05. The molecule has 1 heterocycles. The van der Waals surface area contributed by atoms with E-state index >= 15 is 0 Å². The number of carbonyl (C=O) groups excluding carboxylic acids is 1. The number of hydrogen-bond donors (Lipinski definition) is 2. The second-order valence-electron chi connectivity index (χ2n) is 5.84. The monoisotopic (exact) mass is 344 g/mol. The van der Waals surface area contributed by atoms with Gasteiger partial charge in [-0.1, -0.05) is 19.3 Å². The van der Waals surface area contributed by atoms with E-state index in [4.69, 9.17) is 9.56 Å². The molecule has 1 aromatic heterocycles. The third-order valence-corrected chi connectivity index (χ3v) is 5.43. The molecule has 1 fully saturated rings. The zero-order valence-electron chi connectivity index (χ0n) is 13.0. The van der Waals surface area contributed by atoms with Gasteiger partial charge >= 0.3 is 5.97 Å². The van der Waals surface area contributed by atoms with Crippen molar-refractivity contribution in [2.75, 3.05) is 7.05 Å². The van der Waals surface area contributed by atoms with Gasteiger partial charge in [-0.25, -0.2) is 18.4 Å². The number of primary sulfonamides is 1. The van der Waals surface area contributed by atoms with Crippen LogP contribution in [0.2, 0.25) is 0 Å². The summed E-state index contributed by atoms with van der Waals surface area (Å²) in [5.41, 5.74) is -1.29. The lowest BCUT2D eigenvalue weighted by Gasteiger charge is -2.40. The molecular formula is C14H20N2O6S. The van der Waals surface area contributed by atoms with Crippen LogP contribution in [0, 0.1) is 6.92 Å². The third kappa shape index (κ3) is 3.11. The predicted octanol–water partition coefficient (Wildman–Crippen LogP) is 1.09. The summed E-state index contributed by atoms with van der Waals surface area (Å²) >= 11 is 0. The quantitative estimate of drug-likeness (QED) is 0.840. The Hall–Kier alpha value is -1.87. The number of sulfonamides is 1. The van der Waals surface area contributed by atoms with Crippen molar-refractivity contribution in [3.63, 3.8) is 0 Å². The van der Waals surface area contributed by atoms with Crippen molar-refractivity contribution < 1.29 is 27.5 Å². The number of aryl methyl sites for hydroxylation is 1. The molecule has 0 radical (unpaired) electrons. The molecule has 9 heteroatoms. The molecule has 3 N–H and O–H groups in total. The molecule has 0 aliphatic heterocycles. The molecule has 1 amide bonds. The Morgan fingerprint density at radius 1 is 1.30 bits per heavy atom. The van der Waals surface area contributed by atoms with Gasteiger partial charge in [0.25, 0.3) is 5.91 Å². The molecule has 1 saturated carbocycles. The van der Waals surface area contributed by atoms with Gasteiger partial charge in [0.05, 0.1) is 0 Å². The first-order valence-corrected chi connectivity index (χ1v) is 8.79. The maximum absolute atomic E-state index is 12.6. The summed E-state index contributed by atoms with van der Waals surface area (Å²) in [4.78, 5) is 25.2. The van der Waals surface area contributed by atoms with Gasteiger partial charge in [-0.05, 0) is 19.8 Å². The second-order valence-corrected chi connectivity index (χ2v) is 7.37. The molecule has 1 aromatic rings. The Labute approximate surface area is 134 Å². The van der Waals surface area contributed by atoms with Crippen molar-refractivity contribution in [1.29, 1.82) is 0 Å². The second kappa shape index (κ2) is 5.97. The molecule has 1 aliphatic rings. The first kappa shape index (κ1) is 17.5. The van der Waals surface area contributed by atoms with E-state index in [0.717, 1.165) is 17.4 Å². The average Bonchev–Trinajstić information content (AvgIpc) is 2.88. The van der Waals surface area contributed by atoms with Gasteiger partial charge in [0.2, 0.25) is 10.0 Å². The molecule has 0 spiro atoms. The minimum absolute atomic E-state index is 0.00253. The van der Waals surface area contributed by atoms with E-state index < -0.39 is 27.4 Å². The number of amides is 1. The van der Waals surface area contributed by atoms with Crippen molar-refractivity contribution >= 4 is 21.9 Å². The van der Waals surface area contributed by atoms with Crippen LogP contribution in [0.5, 0.6) is 0 Å². The first-order chi connectivity index (χ1) is 10.6. The van der Waals surface area contributed by atoms with Crippen molar-refractivity contribution in [2.24, 2.45) is 5.14 Å². The Kier molecular flexibility index (Phi) is 4.54.